The van der Waals surface area contributed by atoms with E-state index in [9.17, 15) is 18.0 Å². The zero-order chi connectivity index (χ0) is 23.6. The minimum Gasteiger partial charge on any atom is -0.452 e. The number of rotatable bonds is 6. The maximum Gasteiger partial charge on any atom is 0.417 e. The summed E-state index contributed by atoms with van der Waals surface area (Å²) in [6.07, 6.45) is -0.347. The Balaban J connectivity index is 1.57. The van der Waals surface area contributed by atoms with E-state index in [2.05, 4.69) is 20.2 Å². The molecule has 170 valence electrons. The van der Waals surface area contributed by atoms with Gasteiger partial charge >= 0.3 is 12.1 Å². The standard InChI is InChI=1S/C21H16ClF3N6O2/c1-13-17(9-28-31(13)19-7-4-15(8-27-19)21(23,24)25)20(32)33-18(10-30-12-26-11-29-30)14-2-5-16(22)6-3-14/h2-9,11-12,18H,10H2,1H3. The Morgan fingerprint density at radius 2 is 1.88 bits per heavy atom. The summed E-state index contributed by atoms with van der Waals surface area (Å²) in [4.78, 5) is 20.7. The molecule has 8 nitrogen and oxygen atoms in total. The first-order valence-electron chi connectivity index (χ1n) is 9.59. The maximum absolute atomic E-state index is 13.0. The van der Waals surface area contributed by atoms with Gasteiger partial charge in [0, 0.05) is 11.2 Å². The minimum absolute atomic E-state index is 0.136. The largest absolute Gasteiger partial charge is 0.452 e. The number of hydrogen-bond acceptors (Lipinski definition) is 6. The van der Waals surface area contributed by atoms with Crippen LogP contribution in [0, 0.1) is 6.92 Å². The lowest BCUT2D eigenvalue weighted by molar-refractivity contribution is -0.137. The molecule has 0 fully saturated rings. The summed E-state index contributed by atoms with van der Waals surface area (Å²) < 4.78 is 46.9. The highest BCUT2D eigenvalue weighted by molar-refractivity contribution is 6.30. The molecule has 0 saturated heterocycles. The van der Waals surface area contributed by atoms with Crippen LogP contribution in [0.15, 0.2) is 61.4 Å². The molecule has 0 saturated carbocycles. The fourth-order valence-electron chi connectivity index (χ4n) is 3.10. The van der Waals surface area contributed by atoms with Crippen molar-refractivity contribution in [3.8, 4) is 5.82 Å². The zero-order valence-corrected chi connectivity index (χ0v) is 17.8. The summed E-state index contributed by atoms with van der Waals surface area (Å²) in [6.45, 7) is 1.80. The van der Waals surface area contributed by atoms with Gasteiger partial charge in [0.15, 0.2) is 5.82 Å². The minimum atomic E-state index is -4.50. The SMILES string of the molecule is Cc1c(C(=O)OC(Cn2cncn2)c2ccc(Cl)cc2)cnn1-c1ccc(C(F)(F)F)cn1. The van der Waals surface area contributed by atoms with Crippen molar-refractivity contribution in [2.24, 2.45) is 0 Å². The van der Waals surface area contributed by atoms with Crippen molar-refractivity contribution in [3.05, 3.63) is 88.9 Å². The first-order valence-corrected chi connectivity index (χ1v) is 9.97. The summed E-state index contributed by atoms with van der Waals surface area (Å²) in [5, 5.41) is 8.67. The van der Waals surface area contributed by atoms with E-state index >= 15 is 0 Å². The molecule has 33 heavy (non-hydrogen) atoms. The van der Waals surface area contributed by atoms with Gasteiger partial charge in [0.2, 0.25) is 0 Å². The van der Waals surface area contributed by atoms with Crippen molar-refractivity contribution >= 4 is 17.6 Å². The van der Waals surface area contributed by atoms with Crippen molar-refractivity contribution in [2.45, 2.75) is 25.7 Å². The van der Waals surface area contributed by atoms with Gasteiger partial charge in [-0.3, -0.25) is 0 Å². The Labute approximate surface area is 190 Å². The predicted molar refractivity (Wildman–Crippen MR) is 111 cm³/mol. The third-order valence-corrected chi connectivity index (χ3v) is 5.08. The van der Waals surface area contributed by atoms with Crippen molar-refractivity contribution in [1.29, 1.82) is 0 Å². The maximum atomic E-state index is 13.0. The van der Waals surface area contributed by atoms with Crippen molar-refractivity contribution in [2.75, 3.05) is 0 Å². The van der Waals surface area contributed by atoms with Gasteiger partial charge in [-0.05, 0) is 36.8 Å². The van der Waals surface area contributed by atoms with E-state index in [1.54, 1.807) is 31.2 Å². The molecule has 0 spiro atoms. The second-order valence-electron chi connectivity index (χ2n) is 7.02. The van der Waals surface area contributed by atoms with E-state index in [4.69, 9.17) is 16.3 Å². The number of nitrogens with zero attached hydrogens (tertiary/aromatic N) is 6. The fourth-order valence-corrected chi connectivity index (χ4v) is 3.22. The van der Waals surface area contributed by atoms with Crippen LogP contribution in [0.4, 0.5) is 13.2 Å². The molecule has 12 heteroatoms. The molecule has 3 heterocycles. The summed E-state index contributed by atoms with van der Waals surface area (Å²) in [5.41, 5.74) is 0.324. The second-order valence-corrected chi connectivity index (χ2v) is 7.46. The molecule has 1 aromatic carbocycles. The quantitative estimate of drug-likeness (QED) is 0.382. The van der Waals surface area contributed by atoms with Gasteiger partial charge in [-0.25, -0.2) is 24.1 Å². The van der Waals surface area contributed by atoms with Crippen LogP contribution in [0.3, 0.4) is 0 Å². The third kappa shape index (κ3) is 5.03. The zero-order valence-electron chi connectivity index (χ0n) is 17.1. The monoisotopic (exact) mass is 476 g/mol. The highest BCUT2D eigenvalue weighted by Gasteiger charge is 2.31. The van der Waals surface area contributed by atoms with Gasteiger partial charge in [0.1, 0.15) is 24.3 Å². The van der Waals surface area contributed by atoms with Crippen molar-refractivity contribution in [3.63, 3.8) is 0 Å². The molecule has 4 rings (SSSR count). The van der Waals surface area contributed by atoms with Gasteiger partial charge in [-0.2, -0.15) is 23.4 Å². The Kier molecular flexibility index (Phi) is 6.14. The molecule has 0 amide bonds. The third-order valence-electron chi connectivity index (χ3n) is 4.83. The van der Waals surface area contributed by atoms with Crippen molar-refractivity contribution < 1.29 is 22.7 Å². The number of pyridine rings is 1. The molecule has 3 aromatic heterocycles. The van der Waals surface area contributed by atoms with Crippen LogP contribution in [0.25, 0.3) is 5.82 Å². The Morgan fingerprint density at radius 3 is 2.48 bits per heavy atom. The molecular formula is C21H16ClF3N6O2. The summed E-state index contributed by atoms with van der Waals surface area (Å²) in [6, 6.07) is 8.91. The van der Waals surface area contributed by atoms with Crippen molar-refractivity contribution in [1.82, 2.24) is 29.5 Å². The fraction of sp³-hybridized carbons (Fsp3) is 0.190. The van der Waals surface area contributed by atoms with Gasteiger partial charge in [-0.1, -0.05) is 23.7 Å². The van der Waals surface area contributed by atoms with E-state index in [1.165, 1.54) is 34.3 Å². The molecule has 0 radical (unpaired) electrons. The Bertz CT molecular complexity index is 1240. The topological polar surface area (TPSA) is 87.7 Å². The number of hydrogen-bond donors (Lipinski definition) is 0. The molecule has 0 aliphatic heterocycles. The first-order chi connectivity index (χ1) is 15.7. The van der Waals surface area contributed by atoms with E-state index < -0.39 is 23.8 Å². The average Bonchev–Trinajstić information content (AvgIpc) is 3.43. The molecule has 0 N–H and O–H groups in total. The first kappa shape index (κ1) is 22.5. The number of alkyl halides is 3. The van der Waals surface area contributed by atoms with Crippen LogP contribution < -0.4 is 0 Å². The molecule has 1 atom stereocenters. The van der Waals surface area contributed by atoms with Crippen LogP contribution in [0.5, 0.6) is 0 Å². The Hall–Kier alpha value is -3.73. The van der Waals surface area contributed by atoms with E-state index in [-0.39, 0.29) is 17.9 Å². The van der Waals surface area contributed by atoms with Gasteiger partial charge in [0.25, 0.3) is 0 Å². The molecule has 4 aromatic rings. The second kappa shape index (κ2) is 9.02. The van der Waals surface area contributed by atoms with E-state index in [0.29, 0.717) is 22.5 Å². The number of carbonyl (C=O) groups is 1. The predicted octanol–water partition coefficient (Wildman–Crippen LogP) is 4.44. The highest BCUT2D eigenvalue weighted by Crippen LogP contribution is 2.29. The number of ether oxygens (including phenoxy) is 1. The smallest absolute Gasteiger partial charge is 0.417 e. The van der Waals surface area contributed by atoms with Crippen LogP contribution in [0.2, 0.25) is 5.02 Å². The molecule has 0 aliphatic rings. The summed E-state index contributed by atoms with van der Waals surface area (Å²) >= 11 is 5.96. The van der Waals surface area contributed by atoms with Crippen LogP contribution in [-0.2, 0) is 17.5 Å². The normalized spacial score (nSPS) is 12.5. The lowest BCUT2D eigenvalue weighted by Gasteiger charge is -2.18. The molecule has 0 bridgehead atoms. The molecular weight excluding hydrogens is 461 g/mol. The lowest BCUT2D eigenvalue weighted by atomic mass is 10.1. The molecule has 0 aliphatic carbocycles. The Morgan fingerprint density at radius 1 is 1.12 bits per heavy atom. The number of carbonyl (C=O) groups excluding carboxylic acids is 1. The number of halogens is 4. The summed E-state index contributed by atoms with van der Waals surface area (Å²) in [5.74, 6) is -0.526. The lowest BCUT2D eigenvalue weighted by Crippen LogP contribution is -2.18. The number of aromatic nitrogens is 6. The van der Waals surface area contributed by atoms with Gasteiger partial charge < -0.3 is 4.74 Å². The van der Waals surface area contributed by atoms with Crippen LogP contribution >= 0.6 is 11.6 Å². The number of esters is 1. The number of benzene rings is 1. The van der Waals surface area contributed by atoms with Crippen LogP contribution in [-0.4, -0.2) is 35.5 Å². The van der Waals surface area contributed by atoms with E-state index in [0.717, 1.165) is 6.07 Å². The van der Waals surface area contributed by atoms with E-state index in [1.807, 2.05) is 0 Å². The highest BCUT2D eigenvalue weighted by atomic mass is 35.5. The van der Waals surface area contributed by atoms with Gasteiger partial charge in [-0.15, -0.1) is 0 Å². The van der Waals surface area contributed by atoms with Gasteiger partial charge in [0.05, 0.1) is 24.0 Å². The molecule has 1 unspecified atom stereocenters. The summed E-state index contributed by atoms with van der Waals surface area (Å²) in [7, 11) is 0. The average molecular weight is 477 g/mol. The van der Waals surface area contributed by atoms with Crippen LogP contribution in [0.1, 0.15) is 33.3 Å².